The quantitative estimate of drug-likeness (QED) is 0.0690. The predicted molar refractivity (Wildman–Crippen MR) is 180 cm³/mol. The van der Waals surface area contributed by atoms with Crippen LogP contribution in [0.5, 0.6) is 0 Å². The lowest BCUT2D eigenvalue weighted by Gasteiger charge is -2.32. The van der Waals surface area contributed by atoms with Crippen LogP contribution in [0.1, 0.15) is 82.1 Å². The number of aromatic nitrogens is 1. The average Bonchev–Trinajstić information content (AvgIpc) is 3.54. The highest BCUT2D eigenvalue weighted by Gasteiger charge is 2.27. The molecule has 0 amide bonds. The van der Waals surface area contributed by atoms with E-state index in [0.717, 1.165) is 75.6 Å². The minimum absolute atomic E-state index is 0.179. The number of carbonyl (C=O) groups is 1. The highest BCUT2D eigenvalue weighted by atomic mass is 16.4. The molecule has 0 spiro atoms. The Balaban J connectivity index is 1.51. The van der Waals surface area contributed by atoms with Gasteiger partial charge in [-0.15, -0.1) is 0 Å². The fourth-order valence-electron chi connectivity index (χ4n) is 6.33. The molecule has 2 heterocycles. The number of benzene rings is 2. The molecule has 0 saturated heterocycles. The topological polar surface area (TPSA) is 162 Å². The summed E-state index contributed by atoms with van der Waals surface area (Å²) in [6.45, 7) is 0.813. The van der Waals surface area contributed by atoms with Crippen LogP contribution in [0, 0.1) is 0 Å². The normalized spacial score (nSPS) is 17.5. The van der Waals surface area contributed by atoms with Gasteiger partial charge >= 0.3 is 5.97 Å². The highest BCUT2D eigenvalue weighted by molar-refractivity contribution is 5.84. The van der Waals surface area contributed by atoms with Crippen molar-refractivity contribution in [2.75, 3.05) is 18.5 Å². The number of aliphatic imine (C=N–C) groups is 1. The molecule has 9 heteroatoms. The number of rotatable bonds is 19. The van der Waals surface area contributed by atoms with Crippen molar-refractivity contribution >= 4 is 28.5 Å². The average molecular weight is 603 g/mol. The Kier molecular flexibility index (Phi) is 13.1. The van der Waals surface area contributed by atoms with Gasteiger partial charge < -0.3 is 37.3 Å². The molecule has 3 aromatic rings. The van der Waals surface area contributed by atoms with Crippen LogP contribution in [0.2, 0.25) is 0 Å². The first-order valence-electron chi connectivity index (χ1n) is 16.2. The lowest BCUT2D eigenvalue weighted by molar-refractivity contribution is -0.131. The lowest BCUT2D eigenvalue weighted by atomic mass is 9.84. The first kappa shape index (κ1) is 33.1. The van der Waals surface area contributed by atoms with Gasteiger partial charge in [0.2, 0.25) is 0 Å². The fraction of sp³-hybridized carbons (Fsp3) is 0.486. The Morgan fingerprint density at radius 2 is 1.77 bits per heavy atom. The third-order valence-corrected chi connectivity index (χ3v) is 8.70. The van der Waals surface area contributed by atoms with E-state index in [4.69, 9.17) is 16.6 Å². The summed E-state index contributed by atoms with van der Waals surface area (Å²) in [5, 5.41) is 28.1. The van der Waals surface area contributed by atoms with Gasteiger partial charge in [-0.1, -0.05) is 68.1 Å². The Hall–Kier alpha value is -3.82. The number of hydrogen-bond acceptors (Lipinski definition) is 7. The molecule has 9 nitrogen and oxygen atoms in total. The zero-order valence-corrected chi connectivity index (χ0v) is 25.8. The monoisotopic (exact) mass is 602 g/mol. The molecule has 1 aliphatic heterocycles. The summed E-state index contributed by atoms with van der Waals surface area (Å²) in [7, 11) is 0. The Morgan fingerprint density at radius 1 is 0.977 bits per heavy atom. The minimum Gasteiger partial charge on any atom is -0.478 e. The van der Waals surface area contributed by atoms with Gasteiger partial charge in [0.1, 0.15) is 5.82 Å². The summed E-state index contributed by atoms with van der Waals surface area (Å²) in [6.07, 6.45) is 13.6. The van der Waals surface area contributed by atoms with Crippen molar-refractivity contribution in [1.82, 2.24) is 10.3 Å². The van der Waals surface area contributed by atoms with Crippen LogP contribution in [-0.2, 0) is 4.79 Å². The molecule has 0 fully saturated rings. The lowest BCUT2D eigenvalue weighted by Crippen LogP contribution is -2.48. The van der Waals surface area contributed by atoms with Crippen molar-refractivity contribution < 1.29 is 15.0 Å². The van der Waals surface area contributed by atoms with E-state index < -0.39 is 5.97 Å². The molecule has 0 saturated carbocycles. The van der Waals surface area contributed by atoms with E-state index in [1.165, 1.54) is 22.4 Å². The number of aliphatic hydroxyl groups is 1. The maximum absolute atomic E-state index is 12.0. The maximum atomic E-state index is 12.0. The summed E-state index contributed by atoms with van der Waals surface area (Å²) in [5.74, 6) is 0.504. The summed E-state index contributed by atoms with van der Waals surface area (Å²) >= 11 is 0. The Morgan fingerprint density at radius 3 is 2.52 bits per heavy atom. The van der Waals surface area contributed by atoms with Crippen LogP contribution in [0.25, 0.3) is 10.8 Å². The molecular weight excluding hydrogens is 552 g/mol. The molecule has 0 bridgehead atoms. The van der Waals surface area contributed by atoms with Gasteiger partial charge in [-0.05, 0) is 84.9 Å². The zero-order valence-electron chi connectivity index (χ0n) is 25.8. The maximum Gasteiger partial charge on any atom is 0.328 e. The van der Waals surface area contributed by atoms with Crippen molar-refractivity contribution in [1.29, 1.82) is 0 Å². The smallest absolute Gasteiger partial charge is 0.328 e. The summed E-state index contributed by atoms with van der Waals surface area (Å²) in [6, 6.07) is 18.8. The number of fused-ring (bicyclic) bond motifs is 1. The molecule has 0 radical (unpaired) electrons. The van der Waals surface area contributed by atoms with Gasteiger partial charge in [-0.3, -0.25) is 4.99 Å². The second kappa shape index (κ2) is 17.5. The van der Waals surface area contributed by atoms with E-state index in [-0.39, 0.29) is 24.7 Å². The third-order valence-electron chi connectivity index (χ3n) is 8.70. The highest BCUT2D eigenvalue weighted by Crippen LogP contribution is 2.33. The Bertz CT molecular complexity index is 1360. The van der Waals surface area contributed by atoms with Crippen LogP contribution in [0.3, 0.4) is 0 Å². The number of guanidine groups is 1. The molecule has 0 unspecified atom stereocenters. The van der Waals surface area contributed by atoms with E-state index in [2.05, 4.69) is 63.1 Å². The van der Waals surface area contributed by atoms with E-state index in [9.17, 15) is 9.90 Å². The summed E-state index contributed by atoms with van der Waals surface area (Å²) < 4.78 is 0. The number of aliphatic hydroxyl groups excluding tert-OH is 1. The minimum atomic E-state index is -0.974. The predicted octanol–water partition coefficient (Wildman–Crippen LogP) is 5.64. The van der Waals surface area contributed by atoms with Gasteiger partial charge in [-0.25, -0.2) is 4.79 Å². The van der Waals surface area contributed by atoms with Crippen molar-refractivity contribution in [3.05, 3.63) is 78.0 Å². The fourth-order valence-corrected chi connectivity index (χ4v) is 6.33. The van der Waals surface area contributed by atoms with E-state index >= 15 is 0 Å². The molecule has 1 aliphatic rings. The van der Waals surface area contributed by atoms with Gasteiger partial charge in [0.05, 0.1) is 12.1 Å². The summed E-state index contributed by atoms with van der Waals surface area (Å²) in [5.41, 5.74) is 14.6. The molecule has 2 aromatic carbocycles. The van der Waals surface area contributed by atoms with Gasteiger partial charge in [0.15, 0.2) is 5.96 Å². The molecule has 44 heavy (non-hydrogen) atoms. The first-order chi connectivity index (χ1) is 21.4. The number of nitrogens with two attached hydrogens (primary N) is 2. The van der Waals surface area contributed by atoms with Crippen molar-refractivity contribution in [3.8, 4) is 0 Å². The number of nitrogens with zero attached hydrogens (tertiary/aromatic N) is 1. The van der Waals surface area contributed by atoms with Gasteiger partial charge in [-0.2, -0.15) is 0 Å². The van der Waals surface area contributed by atoms with E-state index in [1.54, 1.807) is 0 Å². The number of unbranched alkanes of at least 4 members (excludes halogenated alkanes) is 3. The SMILES string of the molecule is NC1=NCC[C@H](/C(=C\C(=O)O)[C@@H](CC[C@@H](CCC[C@H](N)CCCCCCO)c2ccc3ccccc3c2)Nc2ccc[nH]2)N1. The standard InChI is InChI=1S/C35H50N6O3/c36-29(12-3-1-2-6-22-42)13-7-11-26(28-16-15-25-9-4-5-10-27(25)23-28)17-18-31(40-33-14-8-20-38-33)30(24-34(43)44)32-19-21-39-35(37)41-32/h4-5,8-10,14-16,20,23-24,26,29,31-32,38,40,42H,1-3,6-7,11-13,17-19,21-22,36H2,(H,43,44)(H3,37,39,41)/b30-24-/t26-,29-,31-,32-/m1/s1. The number of aromatic amines is 1. The second-order valence-corrected chi connectivity index (χ2v) is 12.0. The number of carboxylic acids is 1. The van der Waals surface area contributed by atoms with Gasteiger partial charge in [0.25, 0.3) is 0 Å². The number of aliphatic carboxylic acids is 1. The molecule has 4 atom stereocenters. The molecule has 0 aliphatic carbocycles. The number of anilines is 1. The summed E-state index contributed by atoms with van der Waals surface area (Å²) in [4.78, 5) is 19.5. The van der Waals surface area contributed by atoms with Crippen LogP contribution in [-0.4, -0.2) is 58.4 Å². The van der Waals surface area contributed by atoms with Gasteiger partial charge in [0, 0.05) is 31.5 Å². The molecular formula is C35H50N6O3. The van der Waals surface area contributed by atoms with Crippen LogP contribution >= 0.6 is 0 Å². The van der Waals surface area contributed by atoms with Crippen molar-refractivity contribution in [3.63, 3.8) is 0 Å². The number of nitrogens with one attached hydrogen (secondary N) is 3. The zero-order chi connectivity index (χ0) is 31.1. The molecule has 9 N–H and O–H groups in total. The van der Waals surface area contributed by atoms with E-state index in [1.807, 2.05) is 18.3 Å². The van der Waals surface area contributed by atoms with Crippen molar-refractivity contribution in [2.24, 2.45) is 16.5 Å². The first-order valence-corrected chi connectivity index (χ1v) is 16.2. The third kappa shape index (κ3) is 10.4. The van der Waals surface area contributed by atoms with Crippen molar-refractivity contribution in [2.45, 2.75) is 94.7 Å². The second-order valence-electron chi connectivity index (χ2n) is 12.0. The van der Waals surface area contributed by atoms with Crippen LogP contribution < -0.4 is 22.1 Å². The van der Waals surface area contributed by atoms with Crippen LogP contribution in [0.4, 0.5) is 5.82 Å². The molecule has 238 valence electrons. The largest absolute Gasteiger partial charge is 0.478 e. The molecule has 4 rings (SSSR count). The number of hydrogen-bond donors (Lipinski definition) is 7. The number of carboxylic acid groups (broad SMARTS) is 1. The molecule has 1 aromatic heterocycles. The van der Waals surface area contributed by atoms with Crippen LogP contribution in [0.15, 0.2) is 77.4 Å². The number of H-pyrrole nitrogens is 1. The Labute approximate surface area is 261 Å². The van der Waals surface area contributed by atoms with E-state index in [0.29, 0.717) is 24.8 Å².